The van der Waals surface area contributed by atoms with Crippen molar-refractivity contribution in [2.45, 2.75) is 19.4 Å². The standard InChI is InChI=1S/C33H26Cl2N2O6/c1-3-40-23-6-4-5-20(13-23)33(38)42-24-10-11-25-29(16-24)43-32(37)26(17-36)31(25)19-8-12-28(30(14-19)39-2)41-18-21-7-9-22(34)15-27(21)35/h4-16,31H,3,18,37H2,1-2H3. The molecule has 1 heterocycles. The minimum atomic E-state index is -0.574. The van der Waals surface area contributed by atoms with Gasteiger partial charge in [-0.15, -0.1) is 0 Å². The van der Waals surface area contributed by atoms with Gasteiger partial charge in [-0.2, -0.15) is 5.26 Å². The summed E-state index contributed by atoms with van der Waals surface area (Å²) in [5, 5.41) is 11.0. The Morgan fingerprint density at radius 3 is 2.56 bits per heavy atom. The topological polar surface area (TPSA) is 113 Å². The van der Waals surface area contributed by atoms with E-state index < -0.39 is 11.9 Å². The highest BCUT2D eigenvalue weighted by Gasteiger charge is 2.32. The molecule has 1 aliphatic heterocycles. The third-order valence-electron chi connectivity index (χ3n) is 6.70. The molecule has 2 N–H and O–H groups in total. The number of halogens is 2. The van der Waals surface area contributed by atoms with Gasteiger partial charge in [0, 0.05) is 27.2 Å². The maximum atomic E-state index is 12.8. The second-order valence-corrected chi connectivity index (χ2v) is 10.3. The Morgan fingerprint density at radius 1 is 0.977 bits per heavy atom. The zero-order valence-electron chi connectivity index (χ0n) is 23.2. The molecule has 0 bridgehead atoms. The van der Waals surface area contributed by atoms with Crippen LogP contribution < -0.4 is 29.4 Å². The molecule has 0 aromatic heterocycles. The van der Waals surface area contributed by atoms with E-state index in [9.17, 15) is 10.1 Å². The summed E-state index contributed by atoms with van der Waals surface area (Å²) >= 11 is 12.3. The van der Waals surface area contributed by atoms with Crippen LogP contribution in [0, 0.1) is 11.3 Å². The summed E-state index contributed by atoms with van der Waals surface area (Å²) in [7, 11) is 1.53. The zero-order chi connectivity index (χ0) is 30.5. The second kappa shape index (κ2) is 13.0. The largest absolute Gasteiger partial charge is 0.494 e. The third kappa shape index (κ3) is 6.49. The molecule has 1 aliphatic rings. The van der Waals surface area contributed by atoms with Crippen LogP contribution in [0.25, 0.3) is 0 Å². The summed E-state index contributed by atoms with van der Waals surface area (Å²) in [5.41, 5.74) is 8.90. The van der Waals surface area contributed by atoms with Gasteiger partial charge >= 0.3 is 5.97 Å². The van der Waals surface area contributed by atoms with Crippen molar-refractivity contribution in [1.82, 2.24) is 0 Å². The number of nitrogens with zero attached hydrogens (tertiary/aromatic N) is 1. The van der Waals surface area contributed by atoms with Crippen molar-refractivity contribution in [2.75, 3.05) is 13.7 Å². The molecule has 0 saturated carbocycles. The average Bonchev–Trinajstić information content (AvgIpc) is 3.00. The highest BCUT2D eigenvalue weighted by Crippen LogP contribution is 2.45. The number of hydrogen-bond donors (Lipinski definition) is 1. The molecular weight excluding hydrogens is 591 g/mol. The molecule has 4 aromatic rings. The number of allylic oxidation sites excluding steroid dienone is 1. The number of rotatable bonds is 9. The normalized spacial score (nSPS) is 13.8. The molecule has 5 rings (SSSR count). The molecule has 1 unspecified atom stereocenters. The number of esters is 1. The number of carbonyl (C=O) groups is 1. The lowest BCUT2D eigenvalue weighted by atomic mass is 9.83. The first-order chi connectivity index (χ1) is 20.8. The van der Waals surface area contributed by atoms with E-state index in [-0.39, 0.29) is 23.8 Å². The van der Waals surface area contributed by atoms with Crippen molar-refractivity contribution in [3.8, 4) is 34.8 Å². The first-order valence-electron chi connectivity index (χ1n) is 13.2. The third-order valence-corrected chi connectivity index (χ3v) is 7.29. The predicted octanol–water partition coefficient (Wildman–Crippen LogP) is 7.42. The van der Waals surface area contributed by atoms with E-state index in [1.165, 1.54) is 7.11 Å². The molecule has 43 heavy (non-hydrogen) atoms. The van der Waals surface area contributed by atoms with Crippen LogP contribution in [0.3, 0.4) is 0 Å². The molecule has 0 spiro atoms. The van der Waals surface area contributed by atoms with Crippen molar-refractivity contribution in [2.24, 2.45) is 5.73 Å². The number of benzene rings is 4. The predicted molar refractivity (Wildman–Crippen MR) is 162 cm³/mol. The molecule has 0 amide bonds. The molecule has 0 fully saturated rings. The summed E-state index contributed by atoms with van der Waals surface area (Å²) in [6.07, 6.45) is 0. The second-order valence-electron chi connectivity index (χ2n) is 9.41. The summed E-state index contributed by atoms with van der Waals surface area (Å²) in [4.78, 5) is 12.8. The van der Waals surface area contributed by atoms with Crippen molar-refractivity contribution >= 4 is 29.2 Å². The number of carbonyl (C=O) groups excluding carboxylic acids is 1. The van der Waals surface area contributed by atoms with Crippen LogP contribution in [0.2, 0.25) is 10.0 Å². The minimum absolute atomic E-state index is 0.0513. The first-order valence-corrected chi connectivity index (χ1v) is 14.0. The van der Waals surface area contributed by atoms with Crippen LogP contribution in [0.5, 0.6) is 28.7 Å². The number of hydrogen-bond acceptors (Lipinski definition) is 8. The highest BCUT2D eigenvalue weighted by atomic mass is 35.5. The Morgan fingerprint density at radius 2 is 1.81 bits per heavy atom. The van der Waals surface area contributed by atoms with Gasteiger partial charge < -0.3 is 29.4 Å². The van der Waals surface area contributed by atoms with Crippen molar-refractivity contribution in [3.63, 3.8) is 0 Å². The maximum absolute atomic E-state index is 12.8. The molecule has 0 aliphatic carbocycles. The van der Waals surface area contributed by atoms with Crippen LogP contribution in [0.4, 0.5) is 0 Å². The van der Waals surface area contributed by atoms with Crippen molar-refractivity contribution in [1.29, 1.82) is 5.26 Å². The average molecular weight is 617 g/mol. The number of methoxy groups -OCH3 is 1. The van der Waals surface area contributed by atoms with Crippen molar-refractivity contribution in [3.05, 3.63) is 123 Å². The minimum Gasteiger partial charge on any atom is -0.494 e. The van der Waals surface area contributed by atoms with Gasteiger partial charge in [0.05, 0.1) is 25.2 Å². The van der Waals surface area contributed by atoms with E-state index in [2.05, 4.69) is 6.07 Å². The van der Waals surface area contributed by atoms with E-state index >= 15 is 0 Å². The lowest BCUT2D eigenvalue weighted by Gasteiger charge is -2.27. The van der Waals surface area contributed by atoms with Crippen LogP contribution in [0.1, 0.15) is 39.9 Å². The Kier molecular flexibility index (Phi) is 8.96. The molecule has 1 atom stereocenters. The number of fused-ring (bicyclic) bond motifs is 1. The molecular formula is C33H26Cl2N2O6. The van der Waals surface area contributed by atoms with Gasteiger partial charge in [0.25, 0.3) is 0 Å². The smallest absolute Gasteiger partial charge is 0.343 e. The summed E-state index contributed by atoms with van der Waals surface area (Å²) in [6, 6.07) is 24.4. The lowest BCUT2D eigenvalue weighted by molar-refractivity contribution is 0.0734. The van der Waals surface area contributed by atoms with Crippen LogP contribution >= 0.6 is 23.2 Å². The molecule has 0 saturated heterocycles. The van der Waals surface area contributed by atoms with Gasteiger partial charge in [-0.25, -0.2) is 4.79 Å². The number of nitriles is 1. The van der Waals surface area contributed by atoms with E-state index in [1.54, 1.807) is 72.8 Å². The van der Waals surface area contributed by atoms with Crippen molar-refractivity contribution < 1.29 is 28.5 Å². The summed E-state index contributed by atoms with van der Waals surface area (Å²) < 4.78 is 28.5. The molecule has 8 nitrogen and oxygen atoms in total. The molecule has 0 radical (unpaired) electrons. The van der Waals surface area contributed by atoms with Crippen LogP contribution in [-0.4, -0.2) is 19.7 Å². The van der Waals surface area contributed by atoms with Gasteiger partial charge in [0.2, 0.25) is 5.88 Å². The Labute approximate surface area is 258 Å². The van der Waals surface area contributed by atoms with Gasteiger partial charge in [0.15, 0.2) is 11.5 Å². The fourth-order valence-electron chi connectivity index (χ4n) is 4.66. The van der Waals surface area contributed by atoms with Gasteiger partial charge in [-0.1, -0.05) is 47.5 Å². The molecule has 10 heteroatoms. The first kappa shape index (κ1) is 29.6. The van der Waals surface area contributed by atoms with E-state index in [1.807, 2.05) is 13.0 Å². The monoisotopic (exact) mass is 616 g/mol. The Balaban J connectivity index is 1.41. The molecule has 218 valence electrons. The zero-order valence-corrected chi connectivity index (χ0v) is 24.7. The quantitative estimate of drug-likeness (QED) is 0.153. The summed E-state index contributed by atoms with van der Waals surface area (Å²) in [5.74, 6) is 0.916. The molecule has 4 aromatic carbocycles. The van der Waals surface area contributed by atoms with Gasteiger partial charge in [0.1, 0.15) is 35.5 Å². The number of nitrogens with two attached hydrogens (primary N) is 1. The summed E-state index contributed by atoms with van der Waals surface area (Å²) in [6.45, 7) is 2.53. The fourth-order valence-corrected chi connectivity index (χ4v) is 5.13. The number of ether oxygens (including phenoxy) is 5. The Hall–Kier alpha value is -4.84. The highest BCUT2D eigenvalue weighted by molar-refractivity contribution is 6.35. The van der Waals surface area contributed by atoms with Crippen LogP contribution in [-0.2, 0) is 6.61 Å². The maximum Gasteiger partial charge on any atom is 0.343 e. The fraction of sp³-hybridized carbons (Fsp3) is 0.152. The lowest BCUT2D eigenvalue weighted by Crippen LogP contribution is -2.21. The van der Waals surface area contributed by atoms with Crippen LogP contribution in [0.15, 0.2) is 90.3 Å². The van der Waals surface area contributed by atoms with E-state index in [0.29, 0.717) is 50.8 Å². The Bertz CT molecular complexity index is 1760. The van der Waals surface area contributed by atoms with Gasteiger partial charge in [-0.3, -0.25) is 0 Å². The van der Waals surface area contributed by atoms with E-state index in [0.717, 1.165) is 11.1 Å². The SMILES string of the molecule is CCOc1cccc(C(=O)Oc2ccc3c(c2)OC(N)=C(C#N)C3c2ccc(OCc3ccc(Cl)cc3Cl)c(OC)c2)c1. The van der Waals surface area contributed by atoms with Gasteiger partial charge in [-0.05, 0) is 61.0 Å². The van der Waals surface area contributed by atoms with E-state index in [4.69, 9.17) is 52.6 Å².